The lowest BCUT2D eigenvalue weighted by Gasteiger charge is -2.36. The van der Waals surface area contributed by atoms with Crippen LogP contribution in [-0.2, 0) is 14.3 Å². The van der Waals surface area contributed by atoms with E-state index in [-0.39, 0.29) is 25.2 Å². The zero-order valence-electron chi connectivity index (χ0n) is 20.9. The number of nitrogens with one attached hydrogen (secondary N) is 1. The monoisotopic (exact) mass is 495 g/mol. The summed E-state index contributed by atoms with van der Waals surface area (Å²) in [6.45, 7) is 7.47. The molecule has 1 saturated heterocycles. The van der Waals surface area contributed by atoms with Crippen LogP contribution in [0, 0.1) is 0 Å². The molecule has 1 heterocycles. The Morgan fingerprint density at radius 2 is 1.53 bits per heavy atom. The van der Waals surface area contributed by atoms with Gasteiger partial charge >= 0.3 is 18.2 Å². The van der Waals surface area contributed by atoms with Crippen LogP contribution in [0.1, 0.15) is 37.8 Å². The molecule has 0 aromatic heterocycles. The van der Waals surface area contributed by atoms with Gasteiger partial charge < -0.3 is 24.8 Å². The van der Waals surface area contributed by atoms with E-state index in [2.05, 4.69) is 17.4 Å². The Hall–Kier alpha value is -3.59. The molecule has 4 rings (SSSR count). The van der Waals surface area contributed by atoms with Crippen LogP contribution in [0.4, 0.5) is 9.59 Å². The predicted molar refractivity (Wildman–Crippen MR) is 134 cm³/mol. The Kier molecular flexibility index (Phi) is 7.49. The number of fused-ring (bicyclic) bond motifs is 3. The third-order valence-corrected chi connectivity index (χ3v) is 6.40. The number of amides is 2. The molecule has 0 unspecified atom stereocenters. The first kappa shape index (κ1) is 25.5. The number of hydrogen-bond donors (Lipinski definition) is 2. The number of rotatable bonds is 6. The van der Waals surface area contributed by atoms with Crippen molar-refractivity contribution in [1.82, 2.24) is 15.1 Å². The minimum atomic E-state index is -1.14. The van der Waals surface area contributed by atoms with Gasteiger partial charge in [-0.2, -0.15) is 0 Å². The number of ether oxygens (including phenoxy) is 2. The van der Waals surface area contributed by atoms with Crippen molar-refractivity contribution in [2.45, 2.75) is 38.3 Å². The molecule has 9 nitrogen and oxygen atoms in total. The maximum Gasteiger partial charge on any atom is 0.410 e. The molecule has 192 valence electrons. The summed E-state index contributed by atoms with van der Waals surface area (Å²) in [7, 11) is 0. The third-order valence-electron chi connectivity index (χ3n) is 6.40. The molecule has 36 heavy (non-hydrogen) atoms. The van der Waals surface area contributed by atoms with Gasteiger partial charge in [-0.25, -0.2) is 14.4 Å². The van der Waals surface area contributed by atoms with E-state index in [1.165, 1.54) is 0 Å². The summed E-state index contributed by atoms with van der Waals surface area (Å²) in [6.07, 6.45) is -1.15. The number of carboxylic acids is 1. The van der Waals surface area contributed by atoms with Gasteiger partial charge in [0.1, 0.15) is 18.2 Å². The van der Waals surface area contributed by atoms with Gasteiger partial charge in [0.05, 0.1) is 0 Å². The van der Waals surface area contributed by atoms with Gasteiger partial charge in [-0.3, -0.25) is 4.90 Å². The Labute approximate surface area is 211 Å². The number of nitrogens with zero attached hydrogens (tertiary/aromatic N) is 2. The largest absolute Gasteiger partial charge is 0.480 e. The minimum Gasteiger partial charge on any atom is -0.480 e. The molecule has 2 aliphatic rings. The summed E-state index contributed by atoms with van der Waals surface area (Å²) in [4.78, 5) is 40.2. The molecule has 0 bridgehead atoms. The summed E-state index contributed by atoms with van der Waals surface area (Å²) in [6, 6.07) is 14.9. The highest BCUT2D eigenvalue weighted by molar-refractivity contribution is 5.81. The molecule has 1 fully saturated rings. The molecule has 1 aliphatic carbocycles. The van der Waals surface area contributed by atoms with Crippen LogP contribution in [0.25, 0.3) is 11.1 Å². The highest BCUT2D eigenvalue weighted by atomic mass is 16.6. The van der Waals surface area contributed by atoms with Crippen LogP contribution in [0.5, 0.6) is 0 Å². The Morgan fingerprint density at radius 3 is 2.06 bits per heavy atom. The maximum atomic E-state index is 12.6. The lowest BCUT2D eigenvalue weighted by molar-refractivity contribution is -0.140. The predicted octanol–water partition coefficient (Wildman–Crippen LogP) is 3.53. The number of hydrogen-bond acceptors (Lipinski definition) is 6. The lowest BCUT2D eigenvalue weighted by Crippen LogP contribution is -2.55. The van der Waals surface area contributed by atoms with Gasteiger partial charge in [-0.1, -0.05) is 48.5 Å². The standard InChI is InChI=1S/C27H33N3O6/c1-27(2,3)36-26(34)30-14-12-29(13-15-30)16-23(24(31)32)28-25(33)35-17-22-20-10-6-4-8-18(20)19-9-5-7-11-21(19)22/h4-11,22-23H,12-17H2,1-3H3,(H,28,33)(H,31,32)/t23-/m0/s1. The normalized spacial score (nSPS) is 16.6. The molecule has 1 aliphatic heterocycles. The Balaban J connectivity index is 1.30. The van der Waals surface area contributed by atoms with E-state index in [1.54, 1.807) is 4.90 Å². The van der Waals surface area contributed by atoms with Crippen molar-refractivity contribution in [2.75, 3.05) is 39.3 Å². The van der Waals surface area contributed by atoms with Crippen molar-refractivity contribution in [3.05, 3.63) is 59.7 Å². The number of carbonyl (C=O) groups is 3. The zero-order chi connectivity index (χ0) is 25.9. The fraction of sp³-hybridized carbons (Fsp3) is 0.444. The van der Waals surface area contributed by atoms with Crippen LogP contribution in [-0.4, -0.2) is 84.0 Å². The summed E-state index contributed by atoms with van der Waals surface area (Å²) in [5.41, 5.74) is 3.84. The average molecular weight is 496 g/mol. The molecular formula is C27H33N3O6. The van der Waals surface area contributed by atoms with Gasteiger partial charge in [-0.05, 0) is 43.0 Å². The second kappa shape index (κ2) is 10.6. The van der Waals surface area contributed by atoms with E-state index in [4.69, 9.17) is 9.47 Å². The first-order chi connectivity index (χ1) is 17.1. The van der Waals surface area contributed by atoms with Crippen molar-refractivity contribution < 1.29 is 29.0 Å². The average Bonchev–Trinajstić information content (AvgIpc) is 3.15. The highest BCUT2D eigenvalue weighted by Gasteiger charge is 2.31. The van der Waals surface area contributed by atoms with E-state index >= 15 is 0 Å². The van der Waals surface area contributed by atoms with Crippen molar-refractivity contribution >= 4 is 18.2 Å². The molecule has 0 radical (unpaired) electrons. The molecule has 0 saturated carbocycles. The minimum absolute atomic E-state index is 0.104. The van der Waals surface area contributed by atoms with Crippen LogP contribution in [0.2, 0.25) is 0 Å². The molecule has 9 heteroatoms. The van der Waals surface area contributed by atoms with Crippen molar-refractivity contribution in [3.63, 3.8) is 0 Å². The molecule has 2 N–H and O–H groups in total. The fourth-order valence-corrected chi connectivity index (χ4v) is 4.67. The summed E-state index contributed by atoms with van der Waals surface area (Å²) < 4.78 is 10.9. The number of aliphatic carboxylic acids is 1. The van der Waals surface area contributed by atoms with E-state index in [9.17, 15) is 19.5 Å². The number of alkyl carbamates (subject to hydrolysis) is 1. The van der Waals surface area contributed by atoms with Crippen LogP contribution >= 0.6 is 0 Å². The fourth-order valence-electron chi connectivity index (χ4n) is 4.67. The molecule has 0 spiro atoms. The zero-order valence-corrected chi connectivity index (χ0v) is 20.9. The van der Waals surface area contributed by atoms with E-state index in [1.807, 2.05) is 62.1 Å². The summed E-state index contributed by atoms with van der Waals surface area (Å²) in [5.74, 6) is -1.24. The topological polar surface area (TPSA) is 108 Å². The second-order valence-corrected chi connectivity index (χ2v) is 10.1. The smallest absolute Gasteiger partial charge is 0.410 e. The van der Waals surface area contributed by atoms with Crippen molar-refractivity contribution in [3.8, 4) is 11.1 Å². The molecule has 2 aromatic rings. The molecule has 2 amide bonds. The van der Waals surface area contributed by atoms with Crippen LogP contribution < -0.4 is 5.32 Å². The summed E-state index contributed by atoms with van der Waals surface area (Å²) in [5, 5.41) is 12.2. The highest BCUT2D eigenvalue weighted by Crippen LogP contribution is 2.44. The number of carbonyl (C=O) groups excluding carboxylic acids is 2. The van der Waals surface area contributed by atoms with Crippen molar-refractivity contribution in [1.29, 1.82) is 0 Å². The van der Waals surface area contributed by atoms with E-state index < -0.39 is 23.7 Å². The maximum absolute atomic E-state index is 12.6. The molecular weight excluding hydrogens is 462 g/mol. The van der Waals surface area contributed by atoms with Gasteiger partial charge in [0.25, 0.3) is 0 Å². The van der Waals surface area contributed by atoms with Gasteiger partial charge in [0, 0.05) is 38.6 Å². The Bertz CT molecular complexity index is 1070. The first-order valence-electron chi connectivity index (χ1n) is 12.2. The van der Waals surface area contributed by atoms with Gasteiger partial charge in [0.2, 0.25) is 0 Å². The number of piperazine rings is 1. The number of benzene rings is 2. The SMILES string of the molecule is CC(C)(C)OC(=O)N1CCN(C[C@H](NC(=O)OCC2c3ccccc3-c3ccccc32)C(=O)O)CC1. The summed E-state index contributed by atoms with van der Waals surface area (Å²) >= 11 is 0. The lowest BCUT2D eigenvalue weighted by atomic mass is 9.98. The first-order valence-corrected chi connectivity index (χ1v) is 12.2. The number of carboxylic acid groups (broad SMARTS) is 1. The van der Waals surface area contributed by atoms with Crippen LogP contribution in [0.3, 0.4) is 0 Å². The van der Waals surface area contributed by atoms with Gasteiger partial charge in [0.15, 0.2) is 0 Å². The van der Waals surface area contributed by atoms with Crippen molar-refractivity contribution in [2.24, 2.45) is 0 Å². The quantitative estimate of drug-likeness (QED) is 0.631. The van der Waals surface area contributed by atoms with E-state index in [0.717, 1.165) is 22.3 Å². The second-order valence-electron chi connectivity index (χ2n) is 10.1. The third kappa shape index (κ3) is 5.96. The Morgan fingerprint density at radius 1 is 0.972 bits per heavy atom. The molecule has 1 atom stereocenters. The molecule has 2 aromatic carbocycles. The van der Waals surface area contributed by atoms with E-state index in [0.29, 0.717) is 26.2 Å². The van der Waals surface area contributed by atoms with Gasteiger partial charge in [-0.15, -0.1) is 0 Å². The van der Waals surface area contributed by atoms with Crippen LogP contribution in [0.15, 0.2) is 48.5 Å².